The molecule has 0 radical (unpaired) electrons. The van der Waals surface area contributed by atoms with Crippen molar-refractivity contribution in [3.8, 4) is 0 Å². The van der Waals surface area contributed by atoms with Gasteiger partial charge in [0.2, 0.25) is 0 Å². The number of carboxylic acid groups (broad SMARTS) is 1. The number of quaternary nitrogens is 1. The Labute approximate surface area is 261 Å². The van der Waals surface area contributed by atoms with Gasteiger partial charge >= 0.3 is 0 Å². The second-order valence-electron chi connectivity index (χ2n) is 12.7. The van der Waals surface area contributed by atoms with Crippen LogP contribution in [0.1, 0.15) is 161 Å². The molecule has 1 aliphatic rings. The lowest BCUT2D eigenvalue weighted by Crippen LogP contribution is -2.50. The van der Waals surface area contributed by atoms with Crippen molar-refractivity contribution in [1.82, 2.24) is 0 Å². The first-order valence-corrected chi connectivity index (χ1v) is 16.7. The summed E-state index contributed by atoms with van der Waals surface area (Å²) < 4.78 is 1.42. The fourth-order valence-corrected chi connectivity index (χ4v) is 6.07. The number of benzene rings is 2. The van der Waals surface area contributed by atoms with Crippen LogP contribution in [0.2, 0.25) is 0 Å². The number of nitrogens with zero attached hydrogens (tertiary/aromatic N) is 2. The van der Waals surface area contributed by atoms with E-state index in [0.29, 0.717) is 5.69 Å². The molecule has 3 rings (SSSR count). The molecule has 0 aliphatic carbocycles. The third-order valence-corrected chi connectivity index (χ3v) is 8.64. The molecule has 1 heterocycles. The van der Waals surface area contributed by atoms with Gasteiger partial charge in [0.05, 0.1) is 49.0 Å². The third-order valence-electron chi connectivity index (χ3n) is 8.64. The molecular formula is C37H56N2O4. The number of carbonyl (C=O) groups is 3. The van der Waals surface area contributed by atoms with Gasteiger partial charge in [-0.3, -0.25) is 9.59 Å². The fraction of sp³-hybridized carbons (Fsp3) is 0.595. The Kier molecular flexibility index (Phi) is 14.6. The molecule has 2 aromatic rings. The number of imide groups is 1. The monoisotopic (exact) mass is 592 g/mol. The van der Waals surface area contributed by atoms with Gasteiger partial charge in [-0.05, 0) is 54.7 Å². The number of amides is 2. The van der Waals surface area contributed by atoms with Crippen molar-refractivity contribution in [1.29, 1.82) is 0 Å². The van der Waals surface area contributed by atoms with Gasteiger partial charge in [0, 0.05) is 5.56 Å². The van der Waals surface area contributed by atoms with Gasteiger partial charge in [0.1, 0.15) is 0 Å². The largest absolute Gasteiger partial charge is 0.545 e. The molecular weight excluding hydrogens is 536 g/mol. The fourth-order valence-electron chi connectivity index (χ4n) is 6.07. The number of hydrogen-bond acceptors (Lipinski definition) is 4. The summed E-state index contributed by atoms with van der Waals surface area (Å²) in [5.41, 5.74) is 2.07. The van der Waals surface area contributed by atoms with Crippen LogP contribution in [0.15, 0.2) is 36.4 Å². The maximum absolute atomic E-state index is 13.1. The zero-order chi connectivity index (χ0) is 32.2. The second-order valence-corrected chi connectivity index (χ2v) is 12.7. The van der Waals surface area contributed by atoms with E-state index in [2.05, 4.69) is 27.7 Å². The maximum Gasteiger partial charge on any atom is 0.266 e. The quantitative estimate of drug-likeness (QED) is 0.146. The molecule has 0 aromatic heterocycles. The summed E-state index contributed by atoms with van der Waals surface area (Å²) in [6, 6.07) is 9.94. The first kappa shape index (κ1) is 36.2. The lowest BCUT2D eigenvalue weighted by molar-refractivity contribution is -0.929. The standard InChI is InChI=1S/C21H21NO4.C16H36N/c1-11(2)13-7-5-8-14(12(3)4)18(13)22-19(23)15-9-6-10-16(21(25)26)17(15)20(22)24;1-5-9-13-17(14-10-6-2,15-11-7-3)16-12-8-4/h5-12H,1-4H3,(H,25,26);5-16H2,1-4H3/q;+1/p-1. The molecule has 1 aliphatic heterocycles. The normalized spacial score (nSPS) is 13.0. The number of para-hydroxylation sites is 1. The maximum atomic E-state index is 13.1. The molecule has 238 valence electrons. The van der Waals surface area contributed by atoms with E-state index in [9.17, 15) is 19.5 Å². The van der Waals surface area contributed by atoms with Crippen molar-refractivity contribution in [2.24, 2.45) is 0 Å². The molecule has 0 atom stereocenters. The van der Waals surface area contributed by atoms with Crippen molar-refractivity contribution in [2.45, 2.75) is 119 Å². The minimum absolute atomic E-state index is 0.0913. The van der Waals surface area contributed by atoms with Crippen LogP contribution in [-0.4, -0.2) is 48.4 Å². The summed E-state index contributed by atoms with van der Waals surface area (Å²) in [7, 11) is 0. The van der Waals surface area contributed by atoms with Crippen LogP contribution in [0, 0.1) is 0 Å². The minimum atomic E-state index is -1.47. The zero-order valence-corrected chi connectivity index (χ0v) is 28.1. The van der Waals surface area contributed by atoms with E-state index in [1.54, 1.807) is 0 Å². The lowest BCUT2D eigenvalue weighted by Gasteiger charge is -2.39. The summed E-state index contributed by atoms with van der Waals surface area (Å²) in [5, 5.41) is 11.4. The number of anilines is 1. The number of carbonyl (C=O) groups excluding carboxylic acids is 3. The Morgan fingerprint density at radius 2 is 1.12 bits per heavy atom. The number of aromatic carboxylic acids is 1. The van der Waals surface area contributed by atoms with Crippen molar-refractivity contribution in [3.63, 3.8) is 0 Å². The van der Waals surface area contributed by atoms with E-state index >= 15 is 0 Å². The highest BCUT2D eigenvalue weighted by Crippen LogP contribution is 2.40. The second kappa shape index (κ2) is 17.3. The lowest BCUT2D eigenvalue weighted by atomic mass is 9.92. The van der Waals surface area contributed by atoms with Crippen LogP contribution in [0.3, 0.4) is 0 Å². The van der Waals surface area contributed by atoms with Crippen molar-refractivity contribution in [2.75, 3.05) is 31.1 Å². The molecule has 2 amide bonds. The summed E-state index contributed by atoms with van der Waals surface area (Å²) in [5.74, 6) is -2.39. The van der Waals surface area contributed by atoms with E-state index in [-0.39, 0.29) is 28.5 Å². The molecule has 0 saturated heterocycles. The molecule has 0 saturated carbocycles. The molecule has 43 heavy (non-hydrogen) atoms. The Hall–Kier alpha value is -2.99. The number of rotatable bonds is 16. The van der Waals surface area contributed by atoms with Crippen LogP contribution in [-0.2, 0) is 0 Å². The van der Waals surface area contributed by atoms with Crippen LogP contribution in [0.5, 0.6) is 0 Å². The van der Waals surface area contributed by atoms with Crippen LogP contribution >= 0.6 is 0 Å². The van der Waals surface area contributed by atoms with Crippen LogP contribution < -0.4 is 10.0 Å². The zero-order valence-electron chi connectivity index (χ0n) is 28.1. The van der Waals surface area contributed by atoms with Crippen molar-refractivity contribution < 1.29 is 24.0 Å². The summed E-state index contributed by atoms with van der Waals surface area (Å²) in [4.78, 5) is 38.7. The van der Waals surface area contributed by atoms with E-state index < -0.39 is 17.8 Å². The van der Waals surface area contributed by atoms with Crippen LogP contribution in [0.4, 0.5) is 5.69 Å². The summed E-state index contributed by atoms with van der Waals surface area (Å²) in [6.07, 6.45) is 11.1. The van der Waals surface area contributed by atoms with E-state index in [1.807, 2.05) is 45.9 Å². The van der Waals surface area contributed by atoms with Gasteiger partial charge < -0.3 is 14.4 Å². The smallest absolute Gasteiger partial charge is 0.266 e. The Morgan fingerprint density at radius 3 is 1.49 bits per heavy atom. The molecule has 0 unspecified atom stereocenters. The van der Waals surface area contributed by atoms with Gasteiger partial charge in [-0.1, -0.05) is 111 Å². The number of carboxylic acids is 1. The Balaban J connectivity index is 0.000000332. The third kappa shape index (κ3) is 9.01. The van der Waals surface area contributed by atoms with Crippen molar-refractivity contribution >= 4 is 23.5 Å². The van der Waals surface area contributed by atoms with Crippen molar-refractivity contribution in [3.05, 3.63) is 64.2 Å². The predicted octanol–water partition coefficient (Wildman–Crippen LogP) is 8.10. The molecule has 0 bridgehead atoms. The van der Waals surface area contributed by atoms with Gasteiger partial charge in [0.15, 0.2) is 0 Å². The van der Waals surface area contributed by atoms with Crippen LogP contribution in [0.25, 0.3) is 0 Å². The van der Waals surface area contributed by atoms with Gasteiger partial charge in [0.25, 0.3) is 11.8 Å². The minimum Gasteiger partial charge on any atom is -0.545 e. The first-order chi connectivity index (χ1) is 20.5. The Morgan fingerprint density at radius 1 is 0.698 bits per heavy atom. The average Bonchev–Trinajstić information content (AvgIpc) is 3.25. The van der Waals surface area contributed by atoms with Gasteiger partial charge in [-0.25, -0.2) is 4.90 Å². The number of hydrogen-bond donors (Lipinski definition) is 0. The van der Waals surface area contributed by atoms with E-state index in [4.69, 9.17) is 0 Å². The number of unbranched alkanes of at least 4 members (excludes halogenated alkanes) is 4. The molecule has 0 fully saturated rings. The van der Waals surface area contributed by atoms with Gasteiger partial charge in [-0.15, -0.1) is 0 Å². The highest BCUT2D eigenvalue weighted by Gasteiger charge is 2.40. The first-order valence-electron chi connectivity index (χ1n) is 16.7. The molecule has 6 nitrogen and oxygen atoms in total. The SMILES string of the molecule is CC(C)c1cccc(C(C)C)c1N1C(=O)c2cccc(C(=O)[O-])c2C1=O.CCCC[N+](CCCC)(CCCC)CCCC. The molecule has 2 aromatic carbocycles. The highest BCUT2D eigenvalue weighted by molar-refractivity contribution is 6.36. The predicted molar refractivity (Wildman–Crippen MR) is 176 cm³/mol. The number of fused-ring (bicyclic) bond motifs is 1. The Bertz CT molecular complexity index is 1150. The topological polar surface area (TPSA) is 77.5 Å². The highest BCUT2D eigenvalue weighted by atomic mass is 16.4. The molecule has 0 N–H and O–H groups in total. The summed E-state index contributed by atoms with van der Waals surface area (Å²) in [6.45, 7) is 23.0. The molecule has 0 spiro atoms. The average molecular weight is 593 g/mol. The van der Waals surface area contributed by atoms with E-state index in [0.717, 1.165) is 16.0 Å². The van der Waals surface area contributed by atoms with E-state index in [1.165, 1.54) is 100 Å². The van der Waals surface area contributed by atoms with Gasteiger partial charge in [-0.2, -0.15) is 0 Å². The molecule has 6 heteroatoms. The summed E-state index contributed by atoms with van der Waals surface area (Å²) >= 11 is 0.